The first kappa shape index (κ1) is 16.2. The molecule has 4 heteroatoms. The van der Waals surface area contributed by atoms with Gasteiger partial charge in [-0.2, -0.15) is 0 Å². The molecule has 0 aromatic heterocycles. The van der Waals surface area contributed by atoms with E-state index < -0.39 is 0 Å². The fraction of sp³-hybridized carbons (Fsp3) is 0.294. The SMILES string of the molecule is Cc1ccc(Cl)cc1Oc1ccc(CNC(C)C)c(Cl)c1. The molecule has 2 aromatic carbocycles. The van der Waals surface area contributed by atoms with Crippen LogP contribution in [0.2, 0.25) is 10.0 Å². The predicted octanol–water partition coefficient (Wildman–Crippen LogP) is 5.59. The zero-order valence-corrected chi connectivity index (χ0v) is 13.9. The molecule has 0 aliphatic heterocycles. The number of aryl methyl sites for hydroxylation is 1. The van der Waals surface area contributed by atoms with Gasteiger partial charge in [0.25, 0.3) is 0 Å². The second-order valence-corrected chi connectivity index (χ2v) is 6.14. The van der Waals surface area contributed by atoms with Crippen LogP contribution in [0.25, 0.3) is 0 Å². The number of ether oxygens (including phenoxy) is 1. The number of benzene rings is 2. The summed E-state index contributed by atoms with van der Waals surface area (Å²) in [6.07, 6.45) is 0. The molecule has 0 radical (unpaired) electrons. The Hall–Kier alpha value is -1.22. The molecule has 0 saturated heterocycles. The summed E-state index contributed by atoms with van der Waals surface area (Å²) in [7, 11) is 0. The van der Waals surface area contributed by atoms with Crippen molar-refractivity contribution in [2.24, 2.45) is 0 Å². The summed E-state index contributed by atoms with van der Waals surface area (Å²) in [6.45, 7) is 6.93. The molecule has 2 rings (SSSR count). The molecule has 0 bridgehead atoms. The zero-order valence-electron chi connectivity index (χ0n) is 12.4. The van der Waals surface area contributed by atoms with Gasteiger partial charge in [0.1, 0.15) is 11.5 Å². The van der Waals surface area contributed by atoms with Gasteiger partial charge in [0, 0.05) is 22.6 Å². The van der Waals surface area contributed by atoms with E-state index in [2.05, 4.69) is 19.2 Å². The van der Waals surface area contributed by atoms with Gasteiger partial charge in [0.15, 0.2) is 0 Å². The van der Waals surface area contributed by atoms with Gasteiger partial charge in [-0.15, -0.1) is 0 Å². The summed E-state index contributed by atoms with van der Waals surface area (Å²) >= 11 is 12.3. The van der Waals surface area contributed by atoms with Crippen LogP contribution in [0.4, 0.5) is 0 Å². The van der Waals surface area contributed by atoms with Crippen molar-refractivity contribution in [3.63, 3.8) is 0 Å². The third-order valence-corrected chi connectivity index (χ3v) is 3.69. The van der Waals surface area contributed by atoms with Gasteiger partial charge in [0.2, 0.25) is 0 Å². The number of hydrogen-bond acceptors (Lipinski definition) is 2. The van der Waals surface area contributed by atoms with Crippen molar-refractivity contribution in [2.45, 2.75) is 33.4 Å². The standard InChI is InChI=1S/C17H19Cl2NO/c1-11(2)20-10-13-5-7-15(9-16(13)19)21-17-8-14(18)6-4-12(17)3/h4-9,11,20H,10H2,1-3H3. The van der Waals surface area contributed by atoms with E-state index in [1.807, 2.05) is 37.3 Å². The van der Waals surface area contributed by atoms with E-state index in [1.165, 1.54) is 0 Å². The minimum absolute atomic E-state index is 0.422. The monoisotopic (exact) mass is 323 g/mol. The first-order chi connectivity index (χ1) is 9.95. The molecule has 0 aliphatic rings. The Balaban J connectivity index is 2.14. The Kier molecular flexibility index (Phi) is 5.51. The van der Waals surface area contributed by atoms with Gasteiger partial charge in [0.05, 0.1) is 0 Å². The lowest BCUT2D eigenvalue weighted by Crippen LogP contribution is -2.21. The molecule has 0 saturated carbocycles. The van der Waals surface area contributed by atoms with Crippen LogP contribution in [0.5, 0.6) is 11.5 Å². The molecule has 2 aromatic rings. The molecule has 21 heavy (non-hydrogen) atoms. The normalized spacial score (nSPS) is 11.0. The minimum atomic E-state index is 0.422. The van der Waals surface area contributed by atoms with Crippen molar-refractivity contribution in [2.75, 3.05) is 0 Å². The van der Waals surface area contributed by atoms with Crippen molar-refractivity contribution >= 4 is 23.2 Å². The van der Waals surface area contributed by atoms with Gasteiger partial charge in [-0.3, -0.25) is 0 Å². The van der Waals surface area contributed by atoms with Gasteiger partial charge >= 0.3 is 0 Å². The van der Waals surface area contributed by atoms with Crippen LogP contribution in [-0.4, -0.2) is 6.04 Å². The lowest BCUT2D eigenvalue weighted by atomic mass is 10.2. The maximum Gasteiger partial charge on any atom is 0.131 e. The molecule has 1 N–H and O–H groups in total. The van der Waals surface area contributed by atoms with Crippen LogP contribution in [0.15, 0.2) is 36.4 Å². The van der Waals surface area contributed by atoms with E-state index >= 15 is 0 Å². The molecular weight excluding hydrogens is 305 g/mol. The van der Waals surface area contributed by atoms with Gasteiger partial charge in [-0.25, -0.2) is 0 Å². The van der Waals surface area contributed by atoms with Crippen LogP contribution in [-0.2, 0) is 6.54 Å². The van der Waals surface area contributed by atoms with Gasteiger partial charge in [-0.1, -0.05) is 49.2 Å². The molecule has 0 unspecified atom stereocenters. The molecular formula is C17H19Cl2NO. The maximum atomic E-state index is 6.30. The fourth-order valence-corrected chi connectivity index (χ4v) is 2.26. The highest BCUT2D eigenvalue weighted by Crippen LogP contribution is 2.30. The van der Waals surface area contributed by atoms with Crippen LogP contribution >= 0.6 is 23.2 Å². The van der Waals surface area contributed by atoms with E-state index in [-0.39, 0.29) is 0 Å². The molecule has 0 heterocycles. The molecule has 0 spiro atoms. The first-order valence-electron chi connectivity index (χ1n) is 6.91. The van der Waals surface area contributed by atoms with E-state index in [0.717, 1.165) is 23.4 Å². The van der Waals surface area contributed by atoms with E-state index in [4.69, 9.17) is 27.9 Å². The molecule has 0 aliphatic carbocycles. The molecule has 112 valence electrons. The van der Waals surface area contributed by atoms with Crippen LogP contribution < -0.4 is 10.1 Å². The van der Waals surface area contributed by atoms with E-state index in [9.17, 15) is 0 Å². The van der Waals surface area contributed by atoms with Crippen LogP contribution in [0.3, 0.4) is 0 Å². The lowest BCUT2D eigenvalue weighted by molar-refractivity contribution is 0.478. The second-order valence-electron chi connectivity index (χ2n) is 5.30. The predicted molar refractivity (Wildman–Crippen MR) is 89.7 cm³/mol. The number of nitrogens with one attached hydrogen (secondary N) is 1. The van der Waals surface area contributed by atoms with Crippen molar-refractivity contribution in [1.82, 2.24) is 5.32 Å². The Labute approximate surface area is 136 Å². The maximum absolute atomic E-state index is 6.30. The average Bonchev–Trinajstić information content (AvgIpc) is 2.42. The molecule has 0 amide bonds. The summed E-state index contributed by atoms with van der Waals surface area (Å²) in [5, 5.41) is 4.69. The third kappa shape index (κ3) is 4.63. The van der Waals surface area contributed by atoms with Crippen LogP contribution in [0, 0.1) is 6.92 Å². The lowest BCUT2D eigenvalue weighted by Gasteiger charge is -2.12. The first-order valence-corrected chi connectivity index (χ1v) is 7.67. The van der Waals surface area contributed by atoms with Crippen molar-refractivity contribution < 1.29 is 4.74 Å². The topological polar surface area (TPSA) is 21.3 Å². The largest absolute Gasteiger partial charge is 0.457 e. The summed E-state index contributed by atoms with van der Waals surface area (Å²) in [5.74, 6) is 1.45. The quantitative estimate of drug-likeness (QED) is 0.774. The summed E-state index contributed by atoms with van der Waals surface area (Å²) in [5.41, 5.74) is 2.08. The Morgan fingerprint density at radius 1 is 1.10 bits per heavy atom. The third-order valence-electron chi connectivity index (χ3n) is 3.10. The van der Waals surface area contributed by atoms with Crippen molar-refractivity contribution in [1.29, 1.82) is 0 Å². The average molecular weight is 324 g/mol. The van der Waals surface area contributed by atoms with E-state index in [0.29, 0.717) is 21.8 Å². The van der Waals surface area contributed by atoms with Crippen LogP contribution in [0.1, 0.15) is 25.0 Å². The van der Waals surface area contributed by atoms with E-state index in [1.54, 1.807) is 6.07 Å². The fourth-order valence-electron chi connectivity index (χ4n) is 1.86. The summed E-state index contributed by atoms with van der Waals surface area (Å²) in [4.78, 5) is 0. The van der Waals surface area contributed by atoms with Crippen molar-refractivity contribution in [3.05, 3.63) is 57.6 Å². The number of hydrogen-bond donors (Lipinski definition) is 1. The number of rotatable bonds is 5. The molecule has 0 fully saturated rings. The summed E-state index contributed by atoms with van der Waals surface area (Å²) < 4.78 is 5.86. The minimum Gasteiger partial charge on any atom is -0.457 e. The molecule has 0 atom stereocenters. The highest BCUT2D eigenvalue weighted by atomic mass is 35.5. The Morgan fingerprint density at radius 3 is 2.52 bits per heavy atom. The van der Waals surface area contributed by atoms with Gasteiger partial charge in [-0.05, 0) is 42.3 Å². The van der Waals surface area contributed by atoms with Crippen molar-refractivity contribution in [3.8, 4) is 11.5 Å². The van der Waals surface area contributed by atoms with Gasteiger partial charge < -0.3 is 10.1 Å². The zero-order chi connectivity index (χ0) is 15.4. The Bertz CT molecular complexity index is 626. The molecule has 2 nitrogen and oxygen atoms in total. The summed E-state index contributed by atoms with van der Waals surface area (Å²) in [6, 6.07) is 11.7. The second kappa shape index (κ2) is 7.17. The smallest absolute Gasteiger partial charge is 0.131 e. The Morgan fingerprint density at radius 2 is 1.86 bits per heavy atom. The highest BCUT2D eigenvalue weighted by molar-refractivity contribution is 6.31. The highest BCUT2D eigenvalue weighted by Gasteiger charge is 2.06. The number of halogens is 2.